The lowest BCUT2D eigenvalue weighted by atomic mass is 10.1. The van der Waals surface area contributed by atoms with E-state index in [0.717, 1.165) is 4.90 Å². The lowest BCUT2D eigenvalue weighted by molar-refractivity contribution is -0.140. The van der Waals surface area contributed by atoms with E-state index < -0.39 is 18.0 Å². The molecular weight excluding hydrogens is 238 g/mol. The van der Waals surface area contributed by atoms with E-state index in [2.05, 4.69) is 5.32 Å². The second kappa shape index (κ2) is 6.83. The van der Waals surface area contributed by atoms with Crippen LogP contribution in [0.2, 0.25) is 0 Å². The second-order valence-electron chi connectivity index (χ2n) is 4.65. The summed E-state index contributed by atoms with van der Waals surface area (Å²) >= 11 is 0. The molecule has 0 saturated carbocycles. The number of likely N-dealkylation sites (N-methyl/N-ethyl adjacent to an activating group) is 2. The molecule has 0 saturated heterocycles. The summed E-state index contributed by atoms with van der Waals surface area (Å²) in [6.45, 7) is 3.30. The first-order chi connectivity index (χ1) is 8.16. The van der Waals surface area contributed by atoms with Crippen molar-refractivity contribution in [3.8, 4) is 0 Å². The summed E-state index contributed by atoms with van der Waals surface area (Å²) < 4.78 is 0. The van der Waals surface area contributed by atoms with Crippen molar-refractivity contribution in [3.05, 3.63) is 0 Å². The number of hydrogen-bond donors (Lipinski definition) is 2. The Morgan fingerprint density at radius 3 is 2.00 bits per heavy atom. The lowest BCUT2D eigenvalue weighted by Gasteiger charge is -2.23. The highest BCUT2D eigenvalue weighted by Crippen LogP contribution is 2.02. The molecule has 0 aliphatic heterocycles. The maximum absolute atomic E-state index is 11.7. The molecule has 18 heavy (non-hydrogen) atoms. The second-order valence-corrected chi connectivity index (χ2v) is 4.65. The first-order valence-corrected chi connectivity index (χ1v) is 5.61. The number of nitrogens with one attached hydrogen (secondary N) is 1. The molecule has 0 aromatic heterocycles. The van der Waals surface area contributed by atoms with Crippen LogP contribution in [0.15, 0.2) is 0 Å². The molecule has 7 heteroatoms. The predicted octanol–water partition coefficient (Wildman–Crippen LogP) is -0.175. The molecule has 7 nitrogen and oxygen atoms in total. The van der Waals surface area contributed by atoms with Crippen LogP contribution >= 0.6 is 0 Å². The van der Waals surface area contributed by atoms with E-state index in [9.17, 15) is 14.4 Å². The Labute approximate surface area is 107 Å². The summed E-state index contributed by atoms with van der Waals surface area (Å²) in [4.78, 5) is 36.5. The summed E-state index contributed by atoms with van der Waals surface area (Å²) in [6, 6.07) is -1.54. The third kappa shape index (κ3) is 5.03. The van der Waals surface area contributed by atoms with Crippen molar-refractivity contribution >= 4 is 17.9 Å². The predicted molar refractivity (Wildman–Crippen MR) is 66.1 cm³/mol. The van der Waals surface area contributed by atoms with E-state index in [1.165, 1.54) is 11.9 Å². The highest BCUT2D eigenvalue weighted by atomic mass is 16.4. The van der Waals surface area contributed by atoms with Gasteiger partial charge in [0.1, 0.15) is 12.6 Å². The maximum atomic E-state index is 11.7. The van der Waals surface area contributed by atoms with Crippen LogP contribution in [0.5, 0.6) is 0 Å². The number of carboxylic acid groups (broad SMARTS) is 1. The number of nitrogens with zero attached hydrogens (tertiary/aromatic N) is 2. The zero-order valence-corrected chi connectivity index (χ0v) is 11.4. The molecule has 0 radical (unpaired) electrons. The minimum Gasteiger partial charge on any atom is -0.480 e. The van der Waals surface area contributed by atoms with Crippen LogP contribution in [0, 0.1) is 5.92 Å². The number of aliphatic carboxylic acids is 1. The molecule has 0 rings (SSSR count). The molecule has 0 bridgehead atoms. The van der Waals surface area contributed by atoms with Crippen molar-refractivity contribution < 1.29 is 19.5 Å². The number of carbonyl (C=O) groups is 3. The molecule has 104 valence electrons. The van der Waals surface area contributed by atoms with Gasteiger partial charge in [0.2, 0.25) is 5.91 Å². The number of carboxylic acids is 1. The zero-order chi connectivity index (χ0) is 14.5. The van der Waals surface area contributed by atoms with Gasteiger partial charge in [-0.05, 0) is 5.92 Å². The highest BCUT2D eigenvalue weighted by Gasteiger charge is 2.25. The van der Waals surface area contributed by atoms with Gasteiger partial charge in [-0.1, -0.05) is 13.8 Å². The van der Waals surface area contributed by atoms with Gasteiger partial charge in [-0.2, -0.15) is 0 Å². The van der Waals surface area contributed by atoms with Crippen LogP contribution in [0.1, 0.15) is 13.8 Å². The molecular formula is C11H21N3O4. The zero-order valence-electron chi connectivity index (χ0n) is 11.4. The molecule has 0 aromatic carbocycles. The van der Waals surface area contributed by atoms with Gasteiger partial charge in [-0.25, -0.2) is 9.59 Å². The summed E-state index contributed by atoms with van der Waals surface area (Å²) in [5, 5.41) is 11.3. The van der Waals surface area contributed by atoms with Gasteiger partial charge in [0.05, 0.1) is 0 Å². The standard InChI is InChI=1S/C11H21N3O4/c1-7(2)9(10(16)17)12-11(18)14(5)6-8(15)13(3)4/h7,9H,6H2,1-5H3,(H,12,18)(H,16,17)/t9-/m1/s1. The van der Waals surface area contributed by atoms with Crippen LogP contribution < -0.4 is 5.32 Å². The van der Waals surface area contributed by atoms with Gasteiger partial charge in [0.25, 0.3) is 0 Å². The Morgan fingerprint density at radius 1 is 1.17 bits per heavy atom. The average Bonchev–Trinajstić information content (AvgIpc) is 2.23. The number of rotatable bonds is 5. The average molecular weight is 259 g/mol. The van der Waals surface area contributed by atoms with Crippen LogP contribution in [0.25, 0.3) is 0 Å². The monoisotopic (exact) mass is 259 g/mol. The fourth-order valence-corrected chi connectivity index (χ4v) is 1.17. The van der Waals surface area contributed by atoms with E-state index in [-0.39, 0.29) is 18.4 Å². The normalized spacial score (nSPS) is 11.9. The van der Waals surface area contributed by atoms with E-state index in [1.807, 2.05) is 0 Å². The van der Waals surface area contributed by atoms with Gasteiger partial charge >= 0.3 is 12.0 Å². The highest BCUT2D eigenvalue weighted by molar-refractivity contribution is 5.86. The molecule has 0 unspecified atom stereocenters. The quantitative estimate of drug-likeness (QED) is 0.717. The maximum Gasteiger partial charge on any atom is 0.326 e. The molecule has 3 amide bonds. The fourth-order valence-electron chi connectivity index (χ4n) is 1.17. The molecule has 0 aliphatic carbocycles. The SMILES string of the molecule is CC(C)[C@@H](NC(=O)N(C)CC(=O)N(C)C)C(=O)O. The van der Waals surface area contributed by atoms with Crippen molar-refractivity contribution in [3.63, 3.8) is 0 Å². The Morgan fingerprint density at radius 2 is 1.67 bits per heavy atom. The number of amides is 3. The smallest absolute Gasteiger partial charge is 0.326 e. The largest absolute Gasteiger partial charge is 0.480 e. The summed E-state index contributed by atoms with van der Waals surface area (Å²) in [6.07, 6.45) is 0. The number of urea groups is 1. The first kappa shape index (κ1) is 16.2. The molecule has 2 N–H and O–H groups in total. The van der Waals surface area contributed by atoms with Crippen molar-refractivity contribution in [2.75, 3.05) is 27.7 Å². The number of hydrogen-bond acceptors (Lipinski definition) is 3. The van der Waals surface area contributed by atoms with Crippen LogP contribution in [-0.4, -0.2) is 66.5 Å². The fraction of sp³-hybridized carbons (Fsp3) is 0.727. The van der Waals surface area contributed by atoms with Crippen LogP contribution in [0.4, 0.5) is 4.79 Å². The van der Waals surface area contributed by atoms with Crippen molar-refractivity contribution in [2.45, 2.75) is 19.9 Å². The Bertz CT molecular complexity index is 328. The van der Waals surface area contributed by atoms with E-state index >= 15 is 0 Å². The summed E-state index contributed by atoms with van der Waals surface area (Å²) in [7, 11) is 4.61. The molecule has 0 fully saturated rings. The van der Waals surface area contributed by atoms with Gasteiger partial charge in [-0.15, -0.1) is 0 Å². The van der Waals surface area contributed by atoms with E-state index in [0.29, 0.717) is 0 Å². The molecule has 0 aromatic rings. The minimum atomic E-state index is -1.09. The van der Waals surface area contributed by atoms with Gasteiger partial charge in [0, 0.05) is 21.1 Å². The molecule has 1 atom stereocenters. The lowest BCUT2D eigenvalue weighted by Crippen LogP contribution is -2.50. The summed E-state index contributed by atoms with van der Waals surface area (Å²) in [5.41, 5.74) is 0. The Balaban J connectivity index is 4.47. The number of carbonyl (C=O) groups excluding carboxylic acids is 2. The minimum absolute atomic E-state index is 0.0940. The van der Waals surface area contributed by atoms with E-state index in [4.69, 9.17) is 5.11 Å². The van der Waals surface area contributed by atoms with Crippen molar-refractivity contribution in [2.24, 2.45) is 5.92 Å². The van der Waals surface area contributed by atoms with Crippen molar-refractivity contribution in [1.29, 1.82) is 0 Å². The summed E-state index contributed by atoms with van der Waals surface area (Å²) in [5.74, 6) is -1.56. The van der Waals surface area contributed by atoms with Crippen molar-refractivity contribution in [1.82, 2.24) is 15.1 Å². The first-order valence-electron chi connectivity index (χ1n) is 5.61. The Hall–Kier alpha value is -1.79. The van der Waals surface area contributed by atoms with Gasteiger partial charge < -0.3 is 20.2 Å². The third-order valence-electron chi connectivity index (χ3n) is 2.43. The Kier molecular flexibility index (Phi) is 6.15. The van der Waals surface area contributed by atoms with Gasteiger partial charge in [-0.3, -0.25) is 4.79 Å². The van der Waals surface area contributed by atoms with E-state index in [1.54, 1.807) is 27.9 Å². The molecule has 0 heterocycles. The van der Waals surface area contributed by atoms with Crippen LogP contribution in [0.3, 0.4) is 0 Å². The van der Waals surface area contributed by atoms with Gasteiger partial charge in [0.15, 0.2) is 0 Å². The third-order valence-corrected chi connectivity index (χ3v) is 2.43. The topological polar surface area (TPSA) is 90.0 Å². The molecule has 0 spiro atoms. The molecule has 0 aliphatic rings. The van der Waals surface area contributed by atoms with Crippen LogP contribution in [-0.2, 0) is 9.59 Å².